The Morgan fingerprint density at radius 2 is 2.10 bits per heavy atom. The Kier molecular flexibility index (Phi) is 5.98. The van der Waals surface area contributed by atoms with Gasteiger partial charge in [0.2, 0.25) is 0 Å². The van der Waals surface area contributed by atoms with Gasteiger partial charge in [-0.2, -0.15) is 18.3 Å². The molecule has 30 heavy (non-hydrogen) atoms. The Morgan fingerprint density at radius 3 is 2.77 bits per heavy atom. The van der Waals surface area contributed by atoms with Gasteiger partial charge in [-0.25, -0.2) is 0 Å². The minimum atomic E-state index is -4.41. The van der Waals surface area contributed by atoms with Crippen LogP contribution in [0.25, 0.3) is 10.9 Å². The molecule has 0 fully saturated rings. The van der Waals surface area contributed by atoms with Crippen LogP contribution in [0.4, 0.5) is 13.2 Å². The number of aromatic nitrogens is 3. The molecule has 10 heteroatoms. The molecule has 7 nitrogen and oxygen atoms in total. The zero-order chi connectivity index (χ0) is 22.1. The van der Waals surface area contributed by atoms with Crippen LogP contribution >= 0.6 is 0 Å². The van der Waals surface area contributed by atoms with Crippen LogP contribution in [0.5, 0.6) is 0 Å². The van der Waals surface area contributed by atoms with Crippen molar-refractivity contribution in [2.45, 2.75) is 58.0 Å². The molecule has 1 aliphatic heterocycles. The molecule has 0 bridgehead atoms. The monoisotopic (exact) mass is 423 g/mol. The third-order valence-electron chi connectivity index (χ3n) is 4.73. The lowest BCUT2D eigenvalue weighted by molar-refractivity contribution is -0.191. The fraction of sp³-hybridized carbons (Fsp3) is 0.500. The predicted molar refractivity (Wildman–Crippen MR) is 106 cm³/mol. The van der Waals surface area contributed by atoms with E-state index in [0.717, 1.165) is 5.57 Å². The maximum atomic E-state index is 12.6. The topological polar surface area (TPSA) is 81.4 Å². The number of rotatable bonds is 6. The first kappa shape index (κ1) is 21.9. The minimum absolute atomic E-state index is 0.0387. The first-order valence-corrected chi connectivity index (χ1v) is 9.56. The van der Waals surface area contributed by atoms with Gasteiger partial charge in [0.05, 0.1) is 16.9 Å². The number of hydrogen-bond donors (Lipinski definition) is 1. The standard InChI is InChI=1S/C20H24F3N5O2/c1-12(2)26-18(29)17-15-9-28(27-16(15)5-6-25-17)13(3)14-7-19(4,10-24-8-14)30-11-20(21,22)23/h5-6,8-10,12-13H,7,11H2,1-4H3,(H,26,29). The SMILES string of the molecule is CC(C)NC(=O)c1nccc2nn(C(C)C3=CN=CC(C)(OCC(F)(F)F)C3)cc12. The molecule has 0 aromatic carbocycles. The largest absolute Gasteiger partial charge is 0.411 e. The Balaban J connectivity index is 1.83. The van der Waals surface area contributed by atoms with E-state index in [0.29, 0.717) is 10.9 Å². The summed E-state index contributed by atoms with van der Waals surface area (Å²) in [6, 6.07) is 1.36. The smallest absolute Gasteiger partial charge is 0.360 e. The van der Waals surface area contributed by atoms with E-state index >= 15 is 0 Å². The van der Waals surface area contributed by atoms with Crippen molar-refractivity contribution in [3.05, 3.63) is 35.9 Å². The van der Waals surface area contributed by atoms with E-state index in [1.807, 2.05) is 20.8 Å². The van der Waals surface area contributed by atoms with Crippen molar-refractivity contribution < 1.29 is 22.7 Å². The number of ether oxygens (including phenoxy) is 1. The number of hydrogen-bond acceptors (Lipinski definition) is 5. The van der Waals surface area contributed by atoms with Crippen molar-refractivity contribution >= 4 is 23.0 Å². The maximum Gasteiger partial charge on any atom is 0.411 e. The van der Waals surface area contributed by atoms with Crippen LogP contribution in [0.1, 0.15) is 50.6 Å². The average Bonchev–Trinajstić information content (AvgIpc) is 3.09. The number of nitrogens with zero attached hydrogens (tertiary/aromatic N) is 4. The summed E-state index contributed by atoms with van der Waals surface area (Å²) in [5.74, 6) is -0.294. The van der Waals surface area contributed by atoms with Gasteiger partial charge in [-0.1, -0.05) is 0 Å². The van der Waals surface area contributed by atoms with Crippen LogP contribution in [0.2, 0.25) is 0 Å². The minimum Gasteiger partial charge on any atom is -0.360 e. The number of fused-ring (bicyclic) bond motifs is 1. The number of carbonyl (C=O) groups is 1. The van der Waals surface area contributed by atoms with Gasteiger partial charge < -0.3 is 10.1 Å². The highest BCUT2D eigenvalue weighted by Crippen LogP contribution is 2.32. The summed E-state index contributed by atoms with van der Waals surface area (Å²) >= 11 is 0. The molecule has 1 amide bonds. The van der Waals surface area contributed by atoms with Crippen LogP contribution in [-0.4, -0.2) is 51.3 Å². The third-order valence-corrected chi connectivity index (χ3v) is 4.73. The fourth-order valence-corrected chi connectivity index (χ4v) is 3.22. The van der Waals surface area contributed by atoms with Crippen LogP contribution in [0.15, 0.2) is 35.2 Å². The van der Waals surface area contributed by atoms with E-state index in [4.69, 9.17) is 4.74 Å². The molecule has 0 saturated carbocycles. The number of aliphatic imine (C=N–C) groups is 1. The molecule has 2 atom stereocenters. The molecule has 3 rings (SSSR count). The van der Waals surface area contributed by atoms with E-state index in [1.54, 1.807) is 30.1 Å². The van der Waals surface area contributed by atoms with Gasteiger partial charge in [-0.05, 0) is 39.3 Å². The summed E-state index contributed by atoms with van der Waals surface area (Å²) in [4.78, 5) is 20.7. The number of pyridine rings is 1. The molecule has 0 radical (unpaired) electrons. The van der Waals surface area contributed by atoms with Gasteiger partial charge in [-0.15, -0.1) is 0 Å². The number of nitrogens with one attached hydrogen (secondary N) is 1. The van der Waals surface area contributed by atoms with Gasteiger partial charge in [-0.3, -0.25) is 19.5 Å². The van der Waals surface area contributed by atoms with Crippen LogP contribution in [-0.2, 0) is 4.74 Å². The molecule has 1 N–H and O–H groups in total. The average molecular weight is 423 g/mol. The van der Waals surface area contributed by atoms with Crippen molar-refractivity contribution in [2.75, 3.05) is 6.61 Å². The number of alkyl halides is 3. The molecular weight excluding hydrogens is 399 g/mol. The lowest BCUT2D eigenvalue weighted by Gasteiger charge is -2.31. The molecule has 1 aliphatic rings. The quantitative estimate of drug-likeness (QED) is 0.766. The highest BCUT2D eigenvalue weighted by Gasteiger charge is 2.36. The Morgan fingerprint density at radius 1 is 1.37 bits per heavy atom. The molecule has 0 spiro atoms. The molecular formula is C20H24F3N5O2. The first-order valence-electron chi connectivity index (χ1n) is 9.56. The summed E-state index contributed by atoms with van der Waals surface area (Å²) < 4.78 is 44.4. The van der Waals surface area contributed by atoms with E-state index in [2.05, 4.69) is 20.4 Å². The molecule has 2 aromatic heterocycles. The van der Waals surface area contributed by atoms with E-state index in [1.165, 1.54) is 12.4 Å². The van der Waals surface area contributed by atoms with E-state index in [9.17, 15) is 18.0 Å². The van der Waals surface area contributed by atoms with Crippen molar-refractivity contribution in [3.63, 3.8) is 0 Å². The molecule has 162 valence electrons. The van der Waals surface area contributed by atoms with Gasteiger partial charge in [0.25, 0.3) is 5.91 Å². The van der Waals surface area contributed by atoms with Crippen molar-refractivity contribution in [2.24, 2.45) is 4.99 Å². The van der Waals surface area contributed by atoms with Gasteiger partial charge in [0.15, 0.2) is 0 Å². The van der Waals surface area contributed by atoms with Gasteiger partial charge in [0.1, 0.15) is 17.9 Å². The lowest BCUT2D eigenvalue weighted by atomic mass is 9.92. The summed E-state index contributed by atoms with van der Waals surface area (Å²) in [6.45, 7) is 5.81. The zero-order valence-electron chi connectivity index (χ0n) is 17.2. The lowest BCUT2D eigenvalue weighted by Crippen LogP contribution is -2.37. The van der Waals surface area contributed by atoms with Crippen molar-refractivity contribution in [1.29, 1.82) is 0 Å². The maximum absolute atomic E-state index is 12.6. The second-order valence-corrected chi connectivity index (χ2v) is 7.88. The van der Waals surface area contributed by atoms with Crippen LogP contribution in [0.3, 0.4) is 0 Å². The molecule has 0 aliphatic carbocycles. The van der Waals surface area contributed by atoms with Crippen LogP contribution < -0.4 is 5.32 Å². The molecule has 2 aromatic rings. The van der Waals surface area contributed by atoms with Crippen LogP contribution in [0, 0.1) is 0 Å². The summed E-state index contributed by atoms with van der Waals surface area (Å²) in [7, 11) is 0. The van der Waals surface area contributed by atoms with Gasteiger partial charge >= 0.3 is 6.18 Å². The second-order valence-electron chi connectivity index (χ2n) is 7.88. The predicted octanol–water partition coefficient (Wildman–Crippen LogP) is 3.83. The Bertz CT molecular complexity index is 996. The molecule has 3 heterocycles. The zero-order valence-corrected chi connectivity index (χ0v) is 17.2. The third kappa shape index (κ3) is 5.05. The summed E-state index contributed by atoms with van der Waals surface area (Å²) in [6.07, 6.45) is 2.06. The van der Waals surface area contributed by atoms with E-state index < -0.39 is 18.4 Å². The Labute approximate surface area is 172 Å². The fourth-order valence-electron chi connectivity index (χ4n) is 3.22. The first-order chi connectivity index (χ1) is 14.0. The van der Waals surface area contributed by atoms with Gasteiger partial charge in [0, 0.05) is 37.3 Å². The second kappa shape index (κ2) is 8.17. The highest BCUT2D eigenvalue weighted by molar-refractivity contribution is 6.04. The van der Waals surface area contributed by atoms with E-state index in [-0.39, 0.29) is 30.1 Å². The normalized spacial score (nSPS) is 20.5. The summed E-state index contributed by atoms with van der Waals surface area (Å²) in [5, 5.41) is 7.93. The molecule has 2 unspecified atom stereocenters. The highest BCUT2D eigenvalue weighted by atomic mass is 19.4. The summed E-state index contributed by atoms with van der Waals surface area (Å²) in [5.41, 5.74) is 0.469. The van der Waals surface area contributed by atoms with Crippen molar-refractivity contribution in [1.82, 2.24) is 20.1 Å². The number of carbonyl (C=O) groups excluding carboxylic acids is 1. The van der Waals surface area contributed by atoms with Crippen molar-refractivity contribution in [3.8, 4) is 0 Å². The Hall–Kier alpha value is -2.75. The number of halogens is 3. The number of amides is 1. The molecule has 0 saturated heterocycles.